The summed E-state index contributed by atoms with van der Waals surface area (Å²) in [6.45, 7) is 17.1. The summed E-state index contributed by atoms with van der Waals surface area (Å²) in [6.07, 6.45) is 0. The van der Waals surface area contributed by atoms with Crippen molar-refractivity contribution in [3.63, 3.8) is 0 Å². The Morgan fingerprint density at radius 2 is 1.91 bits per heavy atom. The number of nitrogens with one attached hydrogen (secondary N) is 1. The lowest BCUT2D eigenvalue weighted by molar-refractivity contribution is 0.137. The second-order valence-electron chi connectivity index (χ2n) is 9.24. The van der Waals surface area contributed by atoms with Crippen molar-refractivity contribution in [2.45, 2.75) is 65.9 Å². The molecular formula is C22H33ClN6O2Si. The van der Waals surface area contributed by atoms with Gasteiger partial charge in [0.15, 0.2) is 14.1 Å². The maximum absolute atomic E-state index is 6.44. The molecular weight excluding hydrogens is 444 g/mol. The van der Waals surface area contributed by atoms with Gasteiger partial charge in [-0.15, -0.1) is 0 Å². The van der Waals surface area contributed by atoms with Gasteiger partial charge in [0.05, 0.1) is 19.8 Å². The summed E-state index contributed by atoms with van der Waals surface area (Å²) in [5, 5.41) is 8.35. The Hall–Kier alpha value is -2.07. The average Bonchev–Trinajstić information content (AvgIpc) is 3.03. The fourth-order valence-corrected chi connectivity index (χ4v) is 4.06. The molecule has 3 aromatic heterocycles. The van der Waals surface area contributed by atoms with Gasteiger partial charge in [0.2, 0.25) is 5.28 Å². The number of rotatable bonds is 9. The highest BCUT2D eigenvalue weighted by Gasteiger charge is 2.37. The maximum Gasteiger partial charge on any atom is 0.225 e. The molecule has 0 unspecified atom stereocenters. The van der Waals surface area contributed by atoms with Gasteiger partial charge < -0.3 is 14.5 Å². The van der Waals surface area contributed by atoms with Gasteiger partial charge in [-0.1, -0.05) is 26.8 Å². The standard InChI is InChI=1S/C22H33ClN6O2Si/c1-8-30-13-12-29-19-18(16(28-29)14-31-32(6,7)22(3,4)5)26-21(23)27-20(19)25-17-11-9-10-15(2)24-17/h9-11H,8,12-14H2,1-7H3,(H,24,25,26,27). The molecule has 0 fully saturated rings. The van der Waals surface area contributed by atoms with Crippen LogP contribution in [0.2, 0.25) is 23.4 Å². The quantitative estimate of drug-likeness (QED) is 0.248. The van der Waals surface area contributed by atoms with Crippen molar-refractivity contribution in [3.8, 4) is 0 Å². The van der Waals surface area contributed by atoms with Gasteiger partial charge in [0.25, 0.3) is 0 Å². The Balaban J connectivity index is 2.04. The van der Waals surface area contributed by atoms with Crippen molar-refractivity contribution in [1.29, 1.82) is 0 Å². The molecule has 0 saturated carbocycles. The first-order valence-electron chi connectivity index (χ1n) is 10.9. The summed E-state index contributed by atoms with van der Waals surface area (Å²) in [6, 6.07) is 5.77. The van der Waals surface area contributed by atoms with Crippen molar-refractivity contribution in [3.05, 3.63) is 34.9 Å². The number of anilines is 2. The van der Waals surface area contributed by atoms with Crippen LogP contribution in [-0.2, 0) is 22.3 Å². The molecule has 3 heterocycles. The average molecular weight is 477 g/mol. The second-order valence-corrected chi connectivity index (χ2v) is 14.4. The summed E-state index contributed by atoms with van der Waals surface area (Å²) in [5.41, 5.74) is 3.08. The van der Waals surface area contributed by atoms with Crippen LogP contribution in [0.3, 0.4) is 0 Å². The lowest BCUT2D eigenvalue weighted by atomic mass is 10.2. The molecule has 174 valence electrons. The summed E-state index contributed by atoms with van der Waals surface area (Å²) in [4.78, 5) is 13.5. The first kappa shape index (κ1) is 24.6. The van der Waals surface area contributed by atoms with E-state index in [1.54, 1.807) is 0 Å². The van der Waals surface area contributed by atoms with E-state index < -0.39 is 8.32 Å². The zero-order chi connectivity index (χ0) is 23.5. The molecule has 0 bridgehead atoms. The van der Waals surface area contributed by atoms with E-state index in [0.717, 1.165) is 16.9 Å². The van der Waals surface area contributed by atoms with E-state index in [2.05, 4.69) is 54.1 Å². The molecule has 1 N–H and O–H groups in total. The molecule has 10 heteroatoms. The van der Waals surface area contributed by atoms with E-state index in [1.807, 2.05) is 36.7 Å². The molecule has 3 aromatic rings. The second kappa shape index (κ2) is 9.82. The van der Waals surface area contributed by atoms with E-state index in [-0.39, 0.29) is 10.3 Å². The van der Waals surface area contributed by atoms with Crippen molar-refractivity contribution >= 4 is 42.6 Å². The highest BCUT2D eigenvalue weighted by Crippen LogP contribution is 2.37. The number of hydrogen-bond acceptors (Lipinski definition) is 7. The SMILES string of the molecule is CCOCCn1nc(CO[Si](C)(C)C(C)(C)C)c2nc(Cl)nc(Nc3cccc(C)n3)c21. The zero-order valence-electron chi connectivity index (χ0n) is 20.0. The minimum atomic E-state index is -1.97. The van der Waals surface area contributed by atoms with Crippen LogP contribution in [0.1, 0.15) is 39.1 Å². The van der Waals surface area contributed by atoms with Crippen LogP contribution >= 0.6 is 11.6 Å². The van der Waals surface area contributed by atoms with Crippen molar-refractivity contribution in [1.82, 2.24) is 24.7 Å². The van der Waals surface area contributed by atoms with Crippen LogP contribution in [0.4, 0.5) is 11.6 Å². The maximum atomic E-state index is 6.44. The van der Waals surface area contributed by atoms with E-state index in [9.17, 15) is 0 Å². The Kier molecular flexibility index (Phi) is 7.54. The van der Waals surface area contributed by atoms with Crippen molar-refractivity contribution < 1.29 is 9.16 Å². The third-order valence-electron chi connectivity index (χ3n) is 5.79. The number of aryl methyl sites for hydroxylation is 1. The molecule has 0 aromatic carbocycles. The highest BCUT2D eigenvalue weighted by molar-refractivity contribution is 6.74. The third-order valence-corrected chi connectivity index (χ3v) is 10.4. The highest BCUT2D eigenvalue weighted by atomic mass is 35.5. The Morgan fingerprint density at radius 1 is 1.16 bits per heavy atom. The minimum absolute atomic E-state index is 0.0938. The van der Waals surface area contributed by atoms with Gasteiger partial charge >= 0.3 is 0 Å². The molecule has 0 aliphatic rings. The predicted octanol–water partition coefficient (Wildman–Crippen LogP) is 5.49. The van der Waals surface area contributed by atoms with E-state index >= 15 is 0 Å². The van der Waals surface area contributed by atoms with Gasteiger partial charge in [-0.3, -0.25) is 4.68 Å². The predicted molar refractivity (Wildman–Crippen MR) is 131 cm³/mol. The Labute approximate surface area is 195 Å². The zero-order valence-corrected chi connectivity index (χ0v) is 21.7. The molecule has 0 aliphatic carbocycles. The van der Waals surface area contributed by atoms with Crippen LogP contribution in [0, 0.1) is 6.92 Å². The number of ether oxygens (including phenoxy) is 1. The summed E-state index contributed by atoms with van der Waals surface area (Å²) in [7, 11) is -1.97. The Bertz CT molecular complexity index is 1080. The molecule has 0 atom stereocenters. The van der Waals surface area contributed by atoms with Crippen LogP contribution in [0.15, 0.2) is 18.2 Å². The minimum Gasteiger partial charge on any atom is -0.411 e. The van der Waals surface area contributed by atoms with Crippen LogP contribution < -0.4 is 5.32 Å². The molecule has 3 rings (SSSR count). The number of nitrogens with zero attached hydrogens (tertiary/aromatic N) is 5. The fourth-order valence-electron chi connectivity index (χ4n) is 2.96. The van der Waals surface area contributed by atoms with E-state index in [4.69, 9.17) is 25.9 Å². The summed E-state index contributed by atoms with van der Waals surface area (Å²) >= 11 is 6.32. The Morgan fingerprint density at radius 3 is 2.56 bits per heavy atom. The van der Waals surface area contributed by atoms with Gasteiger partial charge in [-0.2, -0.15) is 10.1 Å². The van der Waals surface area contributed by atoms with Gasteiger partial charge in [-0.05, 0) is 55.7 Å². The van der Waals surface area contributed by atoms with Gasteiger partial charge in [-0.25, -0.2) is 9.97 Å². The number of fused-ring (bicyclic) bond motifs is 1. The van der Waals surface area contributed by atoms with Crippen LogP contribution in [0.5, 0.6) is 0 Å². The third kappa shape index (κ3) is 5.64. The summed E-state index contributed by atoms with van der Waals surface area (Å²) < 4.78 is 13.9. The molecule has 0 spiro atoms. The fraction of sp³-hybridized carbons (Fsp3) is 0.545. The van der Waals surface area contributed by atoms with E-state index in [1.165, 1.54) is 0 Å². The normalized spacial score (nSPS) is 12.5. The number of hydrogen-bond donors (Lipinski definition) is 1. The molecule has 0 saturated heterocycles. The topological polar surface area (TPSA) is 87.0 Å². The van der Waals surface area contributed by atoms with Gasteiger partial charge in [0, 0.05) is 12.3 Å². The molecule has 0 aliphatic heterocycles. The van der Waals surface area contributed by atoms with Crippen LogP contribution in [0.25, 0.3) is 11.0 Å². The first-order valence-corrected chi connectivity index (χ1v) is 14.2. The lowest BCUT2D eigenvalue weighted by Gasteiger charge is -2.35. The van der Waals surface area contributed by atoms with Crippen LogP contribution in [-0.4, -0.2) is 46.3 Å². The number of halogens is 1. The number of aromatic nitrogens is 5. The number of pyridine rings is 1. The van der Waals surface area contributed by atoms with Crippen molar-refractivity contribution in [2.75, 3.05) is 18.5 Å². The summed E-state index contributed by atoms with van der Waals surface area (Å²) in [5.74, 6) is 1.23. The molecule has 32 heavy (non-hydrogen) atoms. The lowest BCUT2D eigenvalue weighted by Crippen LogP contribution is -2.40. The van der Waals surface area contributed by atoms with Crippen molar-refractivity contribution in [2.24, 2.45) is 0 Å². The van der Waals surface area contributed by atoms with Gasteiger partial charge in [0.1, 0.15) is 22.5 Å². The largest absolute Gasteiger partial charge is 0.411 e. The smallest absolute Gasteiger partial charge is 0.225 e. The molecule has 0 radical (unpaired) electrons. The monoisotopic (exact) mass is 476 g/mol. The first-order chi connectivity index (χ1) is 15.0. The molecule has 8 nitrogen and oxygen atoms in total. The van der Waals surface area contributed by atoms with E-state index in [0.29, 0.717) is 43.5 Å². The molecule has 0 amide bonds.